The van der Waals surface area contributed by atoms with Gasteiger partial charge in [0.05, 0.1) is 11.2 Å². The van der Waals surface area contributed by atoms with Crippen molar-refractivity contribution in [3.05, 3.63) is 46.5 Å². The average Bonchev–Trinajstić information content (AvgIpc) is 2.98. The Hall–Kier alpha value is -1.50. The fourth-order valence-electron chi connectivity index (χ4n) is 2.79. The first kappa shape index (κ1) is 14.4. The first-order chi connectivity index (χ1) is 10.1. The number of hydrogen-bond donors (Lipinski definition) is 2. The van der Waals surface area contributed by atoms with Gasteiger partial charge in [-0.1, -0.05) is 17.7 Å². The third-order valence-electron chi connectivity index (χ3n) is 3.83. The second-order valence-electron chi connectivity index (χ2n) is 5.45. The zero-order valence-electron chi connectivity index (χ0n) is 11.4. The lowest BCUT2D eigenvalue weighted by atomic mass is 9.90. The topological polar surface area (TPSA) is 65.0 Å². The Morgan fingerprint density at radius 1 is 1.48 bits per heavy atom. The smallest absolute Gasteiger partial charge is 0.142 e. The van der Waals surface area contributed by atoms with Gasteiger partial charge in [-0.3, -0.25) is 4.90 Å². The number of H-pyrrole nitrogens is 1. The van der Waals surface area contributed by atoms with E-state index in [-0.39, 0.29) is 5.02 Å². The largest absolute Gasteiger partial charge is 0.382 e. The number of rotatable bonds is 3. The zero-order valence-corrected chi connectivity index (χ0v) is 12.1. The van der Waals surface area contributed by atoms with Crippen LogP contribution in [-0.4, -0.2) is 38.5 Å². The Kier molecular flexibility index (Phi) is 3.93. The predicted octanol–water partition coefficient (Wildman–Crippen LogP) is 2.08. The molecule has 0 aliphatic carbocycles. The number of nitrogens with one attached hydrogen (secondary N) is 1. The molecular formula is C14H16ClFN4O. The third kappa shape index (κ3) is 3.07. The molecule has 1 fully saturated rings. The van der Waals surface area contributed by atoms with Crippen LogP contribution in [-0.2, 0) is 12.1 Å². The molecule has 5 nitrogen and oxygen atoms in total. The van der Waals surface area contributed by atoms with E-state index in [1.54, 1.807) is 18.3 Å². The molecule has 2 N–H and O–H groups in total. The van der Waals surface area contributed by atoms with Crippen molar-refractivity contribution in [2.24, 2.45) is 0 Å². The summed E-state index contributed by atoms with van der Waals surface area (Å²) in [6.07, 6.45) is 3.04. The summed E-state index contributed by atoms with van der Waals surface area (Å²) in [6.45, 7) is 1.86. The Bertz CT molecular complexity index is 621. The van der Waals surface area contributed by atoms with Crippen LogP contribution in [0.5, 0.6) is 0 Å². The van der Waals surface area contributed by atoms with Crippen molar-refractivity contribution in [3.63, 3.8) is 0 Å². The average molecular weight is 311 g/mol. The fraction of sp³-hybridized carbons (Fsp3) is 0.429. The molecule has 1 aliphatic heterocycles. The second-order valence-corrected chi connectivity index (χ2v) is 5.86. The maximum absolute atomic E-state index is 13.5. The molecule has 0 bridgehead atoms. The molecule has 1 unspecified atom stereocenters. The van der Waals surface area contributed by atoms with E-state index in [1.165, 1.54) is 6.07 Å². The summed E-state index contributed by atoms with van der Waals surface area (Å²) < 4.78 is 13.5. The van der Waals surface area contributed by atoms with Crippen molar-refractivity contribution in [3.8, 4) is 0 Å². The maximum Gasteiger partial charge on any atom is 0.142 e. The normalized spacial score (nSPS) is 23.4. The molecule has 1 aliphatic rings. The van der Waals surface area contributed by atoms with Crippen LogP contribution in [0, 0.1) is 5.82 Å². The van der Waals surface area contributed by atoms with Crippen molar-refractivity contribution in [2.75, 3.05) is 13.1 Å². The number of β-amino-alcohol motifs (C(OH)–C–C–N with tert-alkyl or cyclic N) is 1. The fourth-order valence-corrected chi connectivity index (χ4v) is 2.91. The molecule has 0 saturated carbocycles. The van der Waals surface area contributed by atoms with Crippen molar-refractivity contribution >= 4 is 11.6 Å². The molecule has 0 amide bonds. The van der Waals surface area contributed by atoms with Crippen molar-refractivity contribution in [1.29, 1.82) is 0 Å². The predicted molar refractivity (Wildman–Crippen MR) is 76.2 cm³/mol. The highest BCUT2D eigenvalue weighted by molar-refractivity contribution is 6.30. The van der Waals surface area contributed by atoms with Crippen molar-refractivity contribution in [1.82, 2.24) is 20.3 Å². The number of aliphatic hydroxyl groups is 1. The van der Waals surface area contributed by atoms with Gasteiger partial charge in [-0.25, -0.2) is 4.39 Å². The number of aromatic nitrogens is 3. The van der Waals surface area contributed by atoms with E-state index < -0.39 is 11.4 Å². The molecule has 2 aromatic rings. The van der Waals surface area contributed by atoms with Crippen LogP contribution in [0.25, 0.3) is 0 Å². The molecule has 1 aromatic carbocycles. The quantitative estimate of drug-likeness (QED) is 0.911. The summed E-state index contributed by atoms with van der Waals surface area (Å²) in [7, 11) is 0. The number of hydrogen-bond acceptors (Lipinski definition) is 4. The molecule has 0 radical (unpaired) electrons. The van der Waals surface area contributed by atoms with Gasteiger partial charge >= 0.3 is 0 Å². The molecule has 1 aromatic heterocycles. The molecule has 3 rings (SSSR count). The monoisotopic (exact) mass is 310 g/mol. The number of piperidine rings is 1. The molecule has 7 heteroatoms. The summed E-state index contributed by atoms with van der Waals surface area (Å²) in [6, 6.07) is 4.79. The van der Waals surface area contributed by atoms with Crippen LogP contribution in [0.2, 0.25) is 5.02 Å². The van der Waals surface area contributed by atoms with Gasteiger partial charge in [0.2, 0.25) is 0 Å². The van der Waals surface area contributed by atoms with Crippen molar-refractivity contribution < 1.29 is 9.50 Å². The summed E-state index contributed by atoms with van der Waals surface area (Å²) in [5.74, 6) is -0.419. The number of benzene rings is 1. The van der Waals surface area contributed by atoms with Crippen LogP contribution < -0.4 is 0 Å². The first-order valence-corrected chi connectivity index (χ1v) is 7.19. The highest BCUT2D eigenvalue weighted by atomic mass is 35.5. The number of aromatic amines is 1. The minimum atomic E-state index is -1.00. The molecule has 2 heterocycles. The summed E-state index contributed by atoms with van der Waals surface area (Å²) in [4.78, 5) is 2.08. The SMILES string of the molecule is OC1(c2cn[nH]n2)CCCN(Cc2ccc(Cl)c(F)c2)C1. The van der Waals surface area contributed by atoms with Gasteiger partial charge in [0.25, 0.3) is 0 Å². The van der Waals surface area contributed by atoms with Gasteiger partial charge < -0.3 is 5.11 Å². The van der Waals surface area contributed by atoms with E-state index in [0.717, 1.165) is 18.5 Å². The Morgan fingerprint density at radius 3 is 3.05 bits per heavy atom. The second kappa shape index (κ2) is 5.71. The lowest BCUT2D eigenvalue weighted by Gasteiger charge is -2.38. The molecule has 0 spiro atoms. The Morgan fingerprint density at radius 2 is 2.33 bits per heavy atom. The molecule has 112 valence electrons. The van der Waals surface area contributed by atoms with E-state index in [0.29, 0.717) is 25.2 Å². The van der Waals surface area contributed by atoms with E-state index in [2.05, 4.69) is 20.3 Å². The van der Waals surface area contributed by atoms with Crippen LogP contribution in [0.15, 0.2) is 24.4 Å². The Labute approximate surface area is 126 Å². The highest BCUT2D eigenvalue weighted by Gasteiger charge is 2.37. The lowest BCUT2D eigenvalue weighted by Crippen LogP contribution is -2.45. The summed E-state index contributed by atoms with van der Waals surface area (Å²) in [5, 5.41) is 21.1. The summed E-state index contributed by atoms with van der Waals surface area (Å²) >= 11 is 5.69. The lowest BCUT2D eigenvalue weighted by molar-refractivity contribution is -0.0414. The maximum atomic E-state index is 13.5. The van der Waals surface area contributed by atoms with E-state index in [4.69, 9.17) is 11.6 Å². The minimum Gasteiger partial charge on any atom is -0.382 e. The van der Waals surface area contributed by atoms with Gasteiger partial charge in [-0.15, -0.1) is 0 Å². The van der Waals surface area contributed by atoms with Crippen LogP contribution in [0.4, 0.5) is 4.39 Å². The zero-order chi connectivity index (χ0) is 14.9. The van der Waals surface area contributed by atoms with Gasteiger partial charge in [-0.05, 0) is 37.1 Å². The van der Waals surface area contributed by atoms with E-state index in [1.807, 2.05) is 0 Å². The number of likely N-dealkylation sites (tertiary alicyclic amines) is 1. The molecule has 1 atom stereocenters. The highest BCUT2D eigenvalue weighted by Crippen LogP contribution is 2.30. The van der Waals surface area contributed by atoms with Crippen molar-refractivity contribution in [2.45, 2.75) is 25.0 Å². The minimum absolute atomic E-state index is 0.122. The van der Waals surface area contributed by atoms with Gasteiger partial charge in [-0.2, -0.15) is 15.4 Å². The van der Waals surface area contributed by atoms with Crippen LogP contribution in [0.1, 0.15) is 24.1 Å². The molecule has 21 heavy (non-hydrogen) atoms. The van der Waals surface area contributed by atoms with Crippen LogP contribution >= 0.6 is 11.6 Å². The molecular weight excluding hydrogens is 295 g/mol. The number of nitrogens with zero attached hydrogens (tertiary/aromatic N) is 3. The molecule has 1 saturated heterocycles. The summed E-state index contributed by atoms with van der Waals surface area (Å²) in [5.41, 5.74) is 0.381. The first-order valence-electron chi connectivity index (χ1n) is 6.82. The standard InChI is InChI=1S/C14H16ClFN4O/c15-11-3-2-10(6-12(11)16)8-20-5-1-4-14(21,9-20)13-7-17-19-18-13/h2-3,6-7,21H,1,4-5,8-9H2,(H,17,18,19). The van der Waals surface area contributed by atoms with Crippen LogP contribution in [0.3, 0.4) is 0 Å². The Balaban J connectivity index is 1.73. The van der Waals surface area contributed by atoms with Gasteiger partial charge in [0.1, 0.15) is 17.1 Å². The van der Waals surface area contributed by atoms with Gasteiger partial charge in [0, 0.05) is 13.1 Å². The van der Waals surface area contributed by atoms with E-state index in [9.17, 15) is 9.50 Å². The number of halogens is 2. The van der Waals surface area contributed by atoms with E-state index >= 15 is 0 Å². The van der Waals surface area contributed by atoms with Gasteiger partial charge in [0.15, 0.2) is 0 Å². The third-order valence-corrected chi connectivity index (χ3v) is 4.14.